The van der Waals surface area contributed by atoms with Crippen LogP contribution in [-0.2, 0) is 6.54 Å². The van der Waals surface area contributed by atoms with Crippen molar-refractivity contribution in [1.82, 2.24) is 0 Å². The number of hydrogen-bond donors (Lipinski definition) is 2. The second-order valence-corrected chi connectivity index (χ2v) is 6.75. The van der Waals surface area contributed by atoms with Crippen LogP contribution in [0.3, 0.4) is 0 Å². The standard InChI is InChI=1S/C13H9Br3N2O3/c14-9-5-8(1-2-12(9)18(20)21)17-6-7-3-10(15)13(19)11(16)4-7/h1-5,17,19H,6H2. The molecule has 0 bridgehead atoms. The van der Waals surface area contributed by atoms with E-state index in [-0.39, 0.29) is 11.4 Å². The third-order valence-corrected chi connectivity index (χ3v) is 4.56. The van der Waals surface area contributed by atoms with E-state index in [9.17, 15) is 15.2 Å². The molecule has 2 rings (SSSR count). The minimum Gasteiger partial charge on any atom is -0.506 e. The van der Waals surface area contributed by atoms with Gasteiger partial charge in [0.15, 0.2) is 0 Å². The maximum absolute atomic E-state index is 10.7. The van der Waals surface area contributed by atoms with Gasteiger partial charge in [0.1, 0.15) is 5.75 Å². The molecule has 0 fully saturated rings. The molecule has 0 aromatic heterocycles. The first kappa shape index (κ1) is 16.3. The van der Waals surface area contributed by atoms with Gasteiger partial charge < -0.3 is 10.4 Å². The van der Waals surface area contributed by atoms with Crippen molar-refractivity contribution in [3.63, 3.8) is 0 Å². The van der Waals surface area contributed by atoms with Crippen molar-refractivity contribution in [3.05, 3.63) is 59.4 Å². The summed E-state index contributed by atoms with van der Waals surface area (Å²) in [5.74, 6) is 0.150. The fourth-order valence-corrected chi connectivity index (χ4v) is 3.49. The van der Waals surface area contributed by atoms with Crippen LogP contribution >= 0.6 is 47.8 Å². The first-order chi connectivity index (χ1) is 9.88. The van der Waals surface area contributed by atoms with E-state index in [2.05, 4.69) is 53.1 Å². The van der Waals surface area contributed by atoms with E-state index >= 15 is 0 Å². The van der Waals surface area contributed by atoms with Gasteiger partial charge in [0.25, 0.3) is 5.69 Å². The highest BCUT2D eigenvalue weighted by Crippen LogP contribution is 2.34. The molecule has 0 heterocycles. The molecule has 0 aliphatic rings. The molecule has 21 heavy (non-hydrogen) atoms. The maximum atomic E-state index is 10.7. The fraction of sp³-hybridized carbons (Fsp3) is 0.0769. The summed E-state index contributed by atoms with van der Waals surface area (Å²) in [6.45, 7) is 0.516. The molecule has 8 heteroatoms. The van der Waals surface area contributed by atoms with Crippen LogP contribution in [0.4, 0.5) is 11.4 Å². The van der Waals surface area contributed by atoms with Gasteiger partial charge in [0.05, 0.1) is 18.3 Å². The Kier molecular flexibility index (Phi) is 5.23. The van der Waals surface area contributed by atoms with Gasteiger partial charge in [-0.15, -0.1) is 0 Å². The first-order valence-corrected chi connectivity index (χ1v) is 8.11. The van der Waals surface area contributed by atoms with Crippen molar-refractivity contribution in [2.24, 2.45) is 0 Å². The van der Waals surface area contributed by atoms with Crippen molar-refractivity contribution in [1.29, 1.82) is 0 Å². The van der Waals surface area contributed by atoms with Crippen LogP contribution in [0.25, 0.3) is 0 Å². The van der Waals surface area contributed by atoms with Crippen LogP contribution in [0.1, 0.15) is 5.56 Å². The van der Waals surface area contributed by atoms with Crippen molar-refractivity contribution < 1.29 is 10.0 Å². The quantitative estimate of drug-likeness (QED) is 0.466. The molecule has 0 amide bonds. The molecule has 2 aromatic carbocycles. The largest absolute Gasteiger partial charge is 0.506 e. The molecular weight excluding hydrogens is 472 g/mol. The van der Waals surface area contributed by atoms with Crippen molar-refractivity contribution in [2.75, 3.05) is 5.32 Å². The lowest BCUT2D eigenvalue weighted by molar-refractivity contribution is -0.385. The minimum atomic E-state index is -0.442. The lowest BCUT2D eigenvalue weighted by Gasteiger charge is -2.09. The lowest BCUT2D eigenvalue weighted by atomic mass is 10.2. The van der Waals surface area contributed by atoms with Crippen molar-refractivity contribution >= 4 is 59.2 Å². The number of rotatable bonds is 4. The average molecular weight is 481 g/mol. The fourth-order valence-electron chi connectivity index (χ4n) is 1.69. The summed E-state index contributed by atoms with van der Waals surface area (Å²) in [6.07, 6.45) is 0. The van der Waals surface area contributed by atoms with Gasteiger partial charge >= 0.3 is 0 Å². The van der Waals surface area contributed by atoms with E-state index in [1.54, 1.807) is 24.3 Å². The number of phenols is 1. The number of hydrogen-bond acceptors (Lipinski definition) is 4. The maximum Gasteiger partial charge on any atom is 0.283 e. The molecule has 5 nitrogen and oxygen atoms in total. The van der Waals surface area contributed by atoms with Crippen LogP contribution in [-0.4, -0.2) is 10.0 Å². The number of nitrogens with one attached hydrogen (secondary N) is 1. The number of benzene rings is 2. The van der Waals surface area contributed by atoms with Crippen molar-refractivity contribution in [3.8, 4) is 5.75 Å². The first-order valence-electron chi connectivity index (χ1n) is 5.73. The Morgan fingerprint density at radius 2 is 1.71 bits per heavy atom. The Labute approximate surface area is 145 Å². The van der Waals surface area contributed by atoms with Gasteiger partial charge in [0, 0.05) is 18.3 Å². The summed E-state index contributed by atoms with van der Waals surface area (Å²) in [4.78, 5) is 10.3. The van der Waals surface area contributed by atoms with Gasteiger partial charge in [-0.1, -0.05) is 0 Å². The highest BCUT2D eigenvalue weighted by molar-refractivity contribution is 9.11. The van der Waals surface area contributed by atoms with Crippen LogP contribution in [0.2, 0.25) is 0 Å². The third-order valence-electron chi connectivity index (χ3n) is 2.72. The lowest BCUT2D eigenvalue weighted by Crippen LogP contribution is -2.00. The van der Waals surface area contributed by atoms with Crippen LogP contribution in [0.5, 0.6) is 5.75 Å². The van der Waals surface area contributed by atoms with E-state index in [1.165, 1.54) is 6.07 Å². The predicted molar refractivity (Wildman–Crippen MR) is 91.6 cm³/mol. The smallest absolute Gasteiger partial charge is 0.283 e. The molecule has 0 aliphatic heterocycles. The Balaban J connectivity index is 2.13. The highest BCUT2D eigenvalue weighted by Gasteiger charge is 2.11. The SMILES string of the molecule is O=[N+]([O-])c1ccc(NCc2cc(Br)c(O)c(Br)c2)cc1Br. The molecule has 0 atom stereocenters. The van der Waals surface area contributed by atoms with E-state index in [1.807, 2.05) is 0 Å². The Morgan fingerprint density at radius 1 is 1.10 bits per heavy atom. The highest BCUT2D eigenvalue weighted by atomic mass is 79.9. The molecule has 0 saturated heterocycles. The van der Waals surface area contributed by atoms with Crippen molar-refractivity contribution in [2.45, 2.75) is 6.54 Å². The molecule has 0 unspecified atom stereocenters. The Morgan fingerprint density at radius 3 is 2.24 bits per heavy atom. The summed E-state index contributed by atoms with van der Waals surface area (Å²) in [5.41, 5.74) is 1.73. The summed E-state index contributed by atoms with van der Waals surface area (Å²) in [5, 5.41) is 23.6. The molecular formula is C13H9Br3N2O3. The molecule has 0 saturated carbocycles. The normalized spacial score (nSPS) is 10.4. The molecule has 2 N–H and O–H groups in total. The monoisotopic (exact) mass is 478 g/mol. The predicted octanol–water partition coefficient (Wildman–Crippen LogP) is 5.20. The van der Waals surface area contributed by atoms with Gasteiger partial charge in [-0.25, -0.2) is 0 Å². The van der Waals surface area contributed by atoms with Crippen LogP contribution in [0, 0.1) is 10.1 Å². The van der Waals surface area contributed by atoms with E-state index in [4.69, 9.17) is 0 Å². The van der Waals surface area contributed by atoms with E-state index < -0.39 is 4.92 Å². The Bertz CT molecular complexity index is 684. The summed E-state index contributed by atoms with van der Waals surface area (Å²) in [6, 6.07) is 8.34. The van der Waals surface area contributed by atoms with Gasteiger partial charge in [-0.2, -0.15) is 0 Å². The minimum absolute atomic E-state index is 0.0238. The summed E-state index contributed by atoms with van der Waals surface area (Å²) >= 11 is 9.72. The van der Waals surface area contributed by atoms with E-state index in [0.29, 0.717) is 20.0 Å². The second-order valence-electron chi connectivity index (χ2n) is 4.18. The zero-order valence-corrected chi connectivity index (χ0v) is 15.2. The topological polar surface area (TPSA) is 75.4 Å². The summed E-state index contributed by atoms with van der Waals surface area (Å²) in [7, 11) is 0. The number of anilines is 1. The average Bonchev–Trinajstić information content (AvgIpc) is 2.42. The van der Waals surface area contributed by atoms with Gasteiger partial charge in [-0.05, 0) is 77.6 Å². The molecule has 0 spiro atoms. The molecule has 110 valence electrons. The number of phenolic OH excluding ortho intramolecular Hbond substituents is 1. The summed E-state index contributed by atoms with van der Waals surface area (Å²) < 4.78 is 1.61. The number of halogens is 3. The molecule has 0 radical (unpaired) electrons. The second kappa shape index (κ2) is 6.76. The zero-order valence-electron chi connectivity index (χ0n) is 10.4. The van der Waals surface area contributed by atoms with Gasteiger partial charge in [-0.3, -0.25) is 10.1 Å². The number of nitro groups is 1. The third kappa shape index (κ3) is 3.96. The van der Waals surface area contributed by atoms with Crippen LogP contribution < -0.4 is 5.32 Å². The van der Waals surface area contributed by atoms with Gasteiger partial charge in [0.2, 0.25) is 0 Å². The molecule has 0 aliphatic carbocycles. The number of aromatic hydroxyl groups is 1. The molecule has 2 aromatic rings. The number of nitro benzene ring substituents is 1. The van der Waals surface area contributed by atoms with E-state index in [0.717, 1.165) is 11.3 Å². The number of nitrogens with zero attached hydrogens (tertiary/aromatic N) is 1. The zero-order chi connectivity index (χ0) is 15.6. The van der Waals surface area contributed by atoms with Crippen LogP contribution in [0.15, 0.2) is 43.7 Å². The Hall–Kier alpha value is -1.12.